The molecule has 2 unspecified atom stereocenters. The van der Waals surface area contributed by atoms with E-state index in [0.29, 0.717) is 18.4 Å². The number of piperidine rings is 1. The van der Waals surface area contributed by atoms with Crippen LogP contribution in [-0.2, 0) is 6.54 Å². The van der Waals surface area contributed by atoms with E-state index >= 15 is 0 Å². The highest BCUT2D eigenvalue weighted by Crippen LogP contribution is 2.23. The van der Waals surface area contributed by atoms with Crippen molar-refractivity contribution in [1.29, 1.82) is 0 Å². The summed E-state index contributed by atoms with van der Waals surface area (Å²) in [5.41, 5.74) is 0.748. The van der Waals surface area contributed by atoms with Gasteiger partial charge < -0.3 is 5.11 Å². The van der Waals surface area contributed by atoms with Crippen LogP contribution in [0.5, 0.6) is 0 Å². The lowest BCUT2D eigenvalue weighted by Gasteiger charge is -2.35. The van der Waals surface area contributed by atoms with E-state index < -0.39 is 0 Å². The number of hydrogen-bond acceptors (Lipinski definition) is 2. The summed E-state index contributed by atoms with van der Waals surface area (Å²) < 4.78 is 13.5. The van der Waals surface area contributed by atoms with E-state index in [4.69, 9.17) is 0 Å². The summed E-state index contributed by atoms with van der Waals surface area (Å²) in [6, 6.07) is 6.93. The second kappa shape index (κ2) is 5.61. The highest BCUT2D eigenvalue weighted by atomic mass is 19.1. The Hall–Kier alpha value is -0.930. The SMILES string of the molecule is CC1CC(CO)CN(Cc2ccccc2F)C1. The van der Waals surface area contributed by atoms with Gasteiger partial charge in [-0.3, -0.25) is 4.90 Å². The lowest BCUT2D eigenvalue weighted by atomic mass is 9.91. The van der Waals surface area contributed by atoms with E-state index in [0.717, 1.165) is 25.1 Å². The first-order chi connectivity index (χ1) is 8.19. The van der Waals surface area contributed by atoms with Crippen molar-refractivity contribution in [1.82, 2.24) is 4.90 Å². The summed E-state index contributed by atoms with van der Waals surface area (Å²) in [5.74, 6) is 0.782. The van der Waals surface area contributed by atoms with Crippen molar-refractivity contribution < 1.29 is 9.50 Å². The monoisotopic (exact) mass is 237 g/mol. The molecular formula is C14H20FNO. The lowest BCUT2D eigenvalue weighted by Crippen LogP contribution is -2.40. The molecule has 1 aliphatic rings. The van der Waals surface area contributed by atoms with Crippen LogP contribution in [0.1, 0.15) is 18.9 Å². The molecule has 0 radical (unpaired) electrons. The van der Waals surface area contributed by atoms with Gasteiger partial charge in [-0.15, -0.1) is 0 Å². The predicted molar refractivity (Wildman–Crippen MR) is 66.0 cm³/mol. The normalized spacial score (nSPS) is 26.1. The molecule has 2 rings (SSSR count). The van der Waals surface area contributed by atoms with Gasteiger partial charge in [-0.25, -0.2) is 4.39 Å². The van der Waals surface area contributed by atoms with Crippen molar-refractivity contribution in [2.24, 2.45) is 11.8 Å². The van der Waals surface area contributed by atoms with Gasteiger partial charge in [-0.05, 0) is 24.3 Å². The Morgan fingerprint density at radius 2 is 2.12 bits per heavy atom. The Balaban J connectivity index is 2.01. The Kier molecular flexibility index (Phi) is 4.13. The number of aliphatic hydroxyl groups excluding tert-OH is 1. The fourth-order valence-corrected chi connectivity index (χ4v) is 2.73. The number of likely N-dealkylation sites (tertiary alicyclic amines) is 1. The van der Waals surface area contributed by atoms with Crippen molar-refractivity contribution >= 4 is 0 Å². The second-order valence-corrected chi connectivity index (χ2v) is 5.17. The fraction of sp³-hybridized carbons (Fsp3) is 0.571. The number of hydrogen-bond donors (Lipinski definition) is 1. The maximum absolute atomic E-state index is 13.5. The number of rotatable bonds is 3. The topological polar surface area (TPSA) is 23.5 Å². The van der Waals surface area contributed by atoms with Crippen LogP contribution in [0.2, 0.25) is 0 Å². The molecule has 3 heteroatoms. The molecule has 17 heavy (non-hydrogen) atoms. The van der Waals surface area contributed by atoms with Gasteiger partial charge >= 0.3 is 0 Å². The van der Waals surface area contributed by atoms with Crippen molar-refractivity contribution in [2.45, 2.75) is 19.9 Å². The van der Waals surface area contributed by atoms with Gasteiger partial charge in [0.25, 0.3) is 0 Å². The average Bonchev–Trinajstić information content (AvgIpc) is 2.31. The zero-order valence-electron chi connectivity index (χ0n) is 10.3. The number of aliphatic hydroxyl groups is 1. The molecule has 2 nitrogen and oxygen atoms in total. The van der Waals surface area contributed by atoms with Crippen LogP contribution >= 0.6 is 0 Å². The van der Waals surface area contributed by atoms with Crippen LogP contribution in [0, 0.1) is 17.7 Å². The van der Waals surface area contributed by atoms with Crippen LogP contribution in [0.25, 0.3) is 0 Å². The molecule has 1 heterocycles. The lowest BCUT2D eigenvalue weighted by molar-refractivity contribution is 0.0848. The third kappa shape index (κ3) is 3.27. The molecule has 1 aliphatic heterocycles. The molecule has 0 amide bonds. The third-order valence-corrected chi connectivity index (χ3v) is 3.43. The van der Waals surface area contributed by atoms with Crippen LogP contribution in [0.3, 0.4) is 0 Å². The molecule has 1 aromatic carbocycles. The number of halogens is 1. The summed E-state index contributed by atoms with van der Waals surface area (Å²) in [5, 5.41) is 9.25. The Morgan fingerprint density at radius 1 is 1.35 bits per heavy atom. The standard InChI is InChI=1S/C14H20FNO/c1-11-6-12(10-17)8-16(7-11)9-13-4-2-3-5-14(13)15/h2-5,11-12,17H,6-10H2,1H3. The first-order valence-corrected chi connectivity index (χ1v) is 6.25. The molecule has 1 fully saturated rings. The summed E-state index contributed by atoms with van der Waals surface area (Å²) in [4.78, 5) is 2.24. The maximum atomic E-state index is 13.5. The average molecular weight is 237 g/mol. The first-order valence-electron chi connectivity index (χ1n) is 6.25. The number of benzene rings is 1. The molecule has 94 valence electrons. The molecule has 1 N–H and O–H groups in total. The summed E-state index contributed by atoms with van der Waals surface area (Å²) in [6.07, 6.45) is 1.07. The van der Waals surface area contributed by atoms with Crippen molar-refractivity contribution in [3.05, 3.63) is 35.6 Å². The van der Waals surface area contributed by atoms with E-state index in [-0.39, 0.29) is 12.4 Å². The van der Waals surface area contributed by atoms with Crippen molar-refractivity contribution in [2.75, 3.05) is 19.7 Å². The van der Waals surface area contributed by atoms with Crippen LogP contribution in [0.4, 0.5) is 4.39 Å². The zero-order valence-corrected chi connectivity index (χ0v) is 10.3. The molecule has 0 aliphatic carbocycles. The van der Waals surface area contributed by atoms with Gasteiger partial charge in [-0.1, -0.05) is 25.1 Å². The van der Waals surface area contributed by atoms with E-state index in [2.05, 4.69) is 11.8 Å². The second-order valence-electron chi connectivity index (χ2n) is 5.17. The van der Waals surface area contributed by atoms with Gasteiger partial charge in [0, 0.05) is 31.8 Å². The third-order valence-electron chi connectivity index (χ3n) is 3.43. The van der Waals surface area contributed by atoms with Gasteiger partial charge in [0.05, 0.1) is 0 Å². The maximum Gasteiger partial charge on any atom is 0.127 e. The van der Waals surface area contributed by atoms with Gasteiger partial charge in [0.15, 0.2) is 0 Å². The first kappa shape index (κ1) is 12.5. The van der Waals surface area contributed by atoms with E-state index in [1.807, 2.05) is 12.1 Å². The van der Waals surface area contributed by atoms with Crippen molar-refractivity contribution in [3.63, 3.8) is 0 Å². The Morgan fingerprint density at radius 3 is 2.82 bits per heavy atom. The zero-order chi connectivity index (χ0) is 12.3. The summed E-state index contributed by atoms with van der Waals surface area (Å²) in [7, 11) is 0. The number of nitrogens with zero attached hydrogens (tertiary/aromatic N) is 1. The molecule has 2 atom stereocenters. The minimum absolute atomic E-state index is 0.133. The highest BCUT2D eigenvalue weighted by Gasteiger charge is 2.24. The smallest absolute Gasteiger partial charge is 0.127 e. The van der Waals surface area contributed by atoms with Crippen LogP contribution in [0.15, 0.2) is 24.3 Å². The summed E-state index contributed by atoms with van der Waals surface area (Å²) >= 11 is 0. The molecule has 0 spiro atoms. The molecule has 0 saturated carbocycles. The Labute approximate surface area is 102 Å². The van der Waals surface area contributed by atoms with Crippen LogP contribution < -0.4 is 0 Å². The minimum atomic E-state index is -0.133. The van der Waals surface area contributed by atoms with E-state index in [9.17, 15) is 9.50 Å². The predicted octanol–water partition coefficient (Wildman–Crippen LogP) is 2.28. The molecule has 0 bridgehead atoms. The summed E-state index contributed by atoms with van der Waals surface area (Å²) in [6.45, 7) is 4.93. The van der Waals surface area contributed by atoms with Crippen molar-refractivity contribution in [3.8, 4) is 0 Å². The van der Waals surface area contributed by atoms with Crippen LogP contribution in [-0.4, -0.2) is 29.7 Å². The van der Waals surface area contributed by atoms with E-state index in [1.54, 1.807) is 6.07 Å². The molecule has 0 aromatic heterocycles. The fourth-order valence-electron chi connectivity index (χ4n) is 2.73. The highest BCUT2D eigenvalue weighted by molar-refractivity contribution is 5.17. The van der Waals surface area contributed by atoms with Gasteiger partial charge in [0.2, 0.25) is 0 Å². The molecule has 1 aromatic rings. The van der Waals surface area contributed by atoms with Gasteiger partial charge in [-0.2, -0.15) is 0 Å². The quantitative estimate of drug-likeness (QED) is 0.871. The Bertz CT molecular complexity index is 369. The molecular weight excluding hydrogens is 217 g/mol. The largest absolute Gasteiger partial charge is 0.396 e. The van der Waals surface area contributed by atoms with Gasteiger partial charge in [0.1, 0.15) is 5.82 Å². The molecule has 1 saturated heterocycles. The minimum Gasteiger partial charge on any atom is -0.396 e. The van der Waals surface area contributed by atoms with E-state index in [1.165, 1.54) is 6.07 Å².